The molecule has 1 saturated heterocycles. The molecule has 29 heavy (non-hydrogen) atoms. The van der Waals surface area contributed by atoms with Gasteiger partial charge in [-0.15, -0.1) is 0 Å². The average molecular weight is 452 g/mol. The minimum atomic E-state index is -0.521. The molecule has 0 aliphatic carbocycles. The zero-order valence-corrected chi connectivity index (χ0v) is 18.0. The molecular formula is C21H21Cl3N4O. The fourth-order valence-electron chi connectivity index (χ4n) is 4.14. The van der Waals surface area contributed by atoms with Crippen LogP contribution in [0.3, 0.4) is 0 Å². The van der Waals surface area contributed by atoms with Crippen molar-refractivity contribution >= 4 is 52.1 Å². The van der Waals surface area contributed by atoms with E-state index in [0.29, 0.717) is 26.5 Å². The lowest BCUT2D eigenvalue weighted by molar-refractivity contribution is -0.112. The molecule has 0 bridgehead atoms. The average Bonchev–Trinajstić information content (AvgIpc) is 3.10. The van der Waals surface area contributed by atoms with Crippen molar-refractivity contribution in [1.82, 2.24) is 4.90 Å². The van der Waals surface area contributed by atoms with Crippen LogP contribution in [-0.2, 0) is 4.79 Å². The highest BCUT2D eigenvalue weighted by atomic mass is 35.5. The number of hydrazone groups is 1. The van der Waals surface area contributed by atoms with Crippen LogP contribution in [0.2, 0.25) is 15.1 Å². The van der Waals surface area contributed by atoms with Crippen molar-refractivity contribution in [3.8, 4) is 0 Å². The van der Waals surface area contributed by atoms with E-state index in [1.807, 2.05) is 30.3 Å². The van der Waals surface area contributed by atoms with Crippen LogP contribution >= 0.6 is 34.8 Å². The van der Waals surface area contributed by atoms with Crippen molar-refractivity contribution in [2.45, 2.75) is 31.3 Å². The van der Waals surface area contributed by atoms with E-state index in [1.165, 1.54) is 6.42 Å². The van der Waals surface area contributed by atoms with Gasteiger partial charge in [-0.1, -0.05) is 53.4 Å². The summed E-state index contributed by atoms with van der Waals surface area (Å²) in [7, 11) is 0. The summed E-state index contributed by atoms with van der Waals surface area (Å²) in [5.74, 6) is -0.521. The van der Waals surface area contributed by atoms with Gasteiger partial charge in [-0.2, -0.15) is 5.10 Å². The van der Waals surface area contributed by atoms with Gasteiger partial charge < -0.3 is 5.73 Å². The van der Waals surface area contributed by atoms with Crippen molar-refractivity contribution in [2.24, 2.45) is 10.8 Å². The van der Waals surface area contributed by atoms with Gasteiger partial charge in [-0.25, -0.2) is 0 Å². The Bertz CT molecular complexity index is 941. The number of amides is 1. The van der Waals surface area contributed by atoms with E-state index in [-0.39, 0.29) is 12.1 Å². The van der Waals surface area contributed by atoms with E-state index >= 15 is 0 Å². The molecule has 1 unspecified atom stereocenters. The molecule has 2 aromatic carbocycles. The largest absolute Gasteiger partial charge is 0.364 e. The molecule has 2 heterocycles. The van der Waals surface area contributed by atoms with Crippen LogP contribution in [0.1, 0.15) is 30.9 Å². The van der Waals surface area contributed by atoms with Crippen molar-refractivity contribution < 1.29 is 4.79 Å². The van der Waals surface area contributed by atoms with Crippen molar-refractivity contribution in [1.29, 1.82) is 0 Å². The van der Waals surface area contributed by atoms with E-state index in [2.05, 4.69) is 10.0 Å². The number of carbonyl (C=O) groups excluding carboxylic acids is 1. The van der Waals surface area contributed by atoms with Gasteiger partial charge in [0.2, 0.25) is 0 Å². The fraction of sp³-hybridized carbons (Fsp3) is 0.333. The first-order valence-corrected chi connectivity index (χ1v) is 10.7. The monoisotopic (exact) mass is 450 g/mol. The molecule has 2 aliphatic rings. The molecule has 4 rings (SSSR count). The minimum absolute atomic E-state index is 0.258. The second kappa shape index (κ2) is 8.52. The van der Waals surface area contributed by atoms with Crippen LogP contribution < -0.4 is 10.7 Å². The van der Waals surface area contributed by atoms with Crippen LogP contribution in [-0.4, -0.2) is 35.7 Å². The summed E-state index contributed by atoms with van der Waals surface area (Å²) < 4.78 is 0. The predicted octanol–water partition coefficient (Wildman–Crippen LogP) is 4.90. The zero-order valence-electron chi connectivity index (χ0n) is 15.7. The zero-order chi connectivity index (χ0) is 20.5. The molecule has 2 aromatic rings. The molecule has 5 nitrogen and oxygen atoms in total. The van der Waals surface area contributed by atoms with E-state index in [1.54, 1.807) is 17.1 Å². The molecule has 0 radical (unpaired) electrons. The van der Waals surface area contributed by atoms with Crippen LogP contribution in [0, 0.1) is 0 Å². The SMILES string of the molecule is NC(=O)C1=NN(c2ccc(Cl)cc2Cl)[C@H](c2ccc(Cl)cc2)C1N1CCCCC1. The highest BCUT2D eigenvalue weighted by Gasteiger charge is 2.45. The number of nitrogens with zero attached hydrogens (tertiary/aromatic N) is 3. The van der Waals surface area contributed by atoms with Gasteiger partial charge in [-0.05, 0) is 61.8 Å². The van der Waals surface area contributed by atoms with Crippen LogP contribution in [0.15, 0.2) is 47.6 Å². The Balaban J connectivity index is 1.84. The highest BCUT2D eigenvalue weighted by Crippen LogP contribution is 2.42. The second-order valence-electron chi connectivity index (χ2n) is 7.33. The van der Waals surface area contributed by atoms with Gasteiger partial charge in [0.05, 0.1) is 22.8 Å². The molecule has 2 aliphatic heterocycles. The highest BCUT2D eigenvalue weighted by molar-refractivity contribution is 6.41. The predicted molar refractivity (Wildman–Crippen MR) is 119 cm³/mol. The summed E-state index contributed by atoms with van der Waals surface area (Å²) in [6, 6.07) is 12.3. The van der Waals surface area contributed by atoms with E-state index < -0.39 is 5.91 Å². The number of primary amides is 1. The molecule has 0 aromatic heterocycles. The molecule has 0 spiro atoms. The number of hydrogen-bond acceptors (Lipinski definition) is 4. The molecule has 2 atom stereocenters. The Morgan fingerprint density at radius 2 is 1.59 bits per heavy atom. The Labute approximate surface area is 185 Å². The third-order valence-electron chi connectivity index (χ3n) is 5.46. The maximum absolute atomic E-state index is 12.4. The first-order chi connectivity index (χ1) is 14.0. The Kier molecular flexibility index (Phi) is 6.02. The van der Waals surface area contributed by atoms with Gasteiger partial charge in [0.25, 0.3) is 5.91 Å². The van der Waals surface area contributed by atoms with Gasteiger partial charge >= 0.3 is 0 Å². The summed E-state index contributed by atoms with van der Waals surface area (Å²) in [4.78, 5) is 14.7. The van der Waals surface area contributed by atoms with Gasteiger partial charge in [0, 0.05) is 10.0 Å². The van der Waals surface area contributed by atoms with E-state index in [4.69, 9.17) is 40.5 Å². The fourth-order valence-corrected chi connectivity index (χ4v) is 4.76. The summed E-state index contributed by atoms with van der Waals surface area (Å²) in [5, 5.41) is 8.09. The maximum atomic E-state index is 12.4. The van der Waals surface area contributed by atoms with Gasteiger partial charge in [-0.3, -0.25) is 14.7 Å². The summed E-state index contributed by atoms with van der Waals surface area (Å²) in [6.45, 7) is 1.78. The number of halogens is 3. The summed E-state index contributed by atoms with van der Waals surface area (Å²) >= 11 is 18.7. The minimum Gasteiger partial charge on any atom is -0.364 e. The van der Waals surface area contributed by atoms with Crippen LogP contribution in [0.4, 0.5) is 5.69 Å². The lowest BCUT2D eigenvalue weighted by atomic mass is 9.93. The summed E-state index contributed by atoms with van der Waals surface area (Å²) in [6.07, 6.45) is 3.35. The number of anilines is 1. The Hall–Kier alpha value is -1.79. The molecule has 0 saturated carbocycles. The Morgan fingerprint density at radius 1 is 0.931 bits per heavy atom. The van der Waals surface area contributed by atoms with Crippen LogP contribution in [0.25, 0.3) is 0 Å². The third kappa shape index (κ3) is 4.10. The molecule has 2 N–H and O–H groups in total. The number of piperidine rings is 1. The smallest absolute Gasteiger partial charge is 0.266 e. The molecular weight excluding hydrogens is 431 g/mol. The number of likely N-dealkylation sites (tertiary alicyclic amines) is 1. The molecule has 1 fully saturated rings. The number of benzene rings is 2. The number of nitrogens with two attached hydrogens (primary N) is 1. The topological polar surface area (TPSA) is 61.9 Å². The lowest BCUT2D eigenvalue weighted by Crippen LogP contribution is -2.50. The quantitative estimate of drug-likeness (QED) is 0.719. The normalized spacial score (nSPS) is 22.6. The van der Waals surface area contributed by atoms with Crippen molar-refractivity contribution in [3.63, 3.8) is 0 Å². The number of rotatable bonds is 4. The van der Waals surface area contributed by atoms with Crippen molar-refractivity contribution in [2.75, 3.05) is 18.1 Å². The van der Waals surface area contributed by atoms with Crippen LogP contribution in [0.5, 0.6) is 0 Å². The maximum Gasteiger partial charge on any atom is 0.266 e. The van der Waals surface area contributed by atoms with E-state index in [0.717, 1.165) is 31.5 Å². The third-order valence-corrected chi connectivity index (χ3v) is 6.25. The second-order valence-corrected chi connectivity index (χ2v) is 8.61. The summed E-state index contributed by atoms with van der Waals surface area (Å²) in [5.41, 5.74) is 7.77. The molecule has 8 heteroatoms. The standard InChI is InChI=1S/C21H21Cl3N4O/c22-14-6-4-13(5-7-14)19-20(27-10-2-1-3-11-27)18(21(25)29)26-28(19)17-9-8-15(23)12-16(17)24/h4-9,12,19-20H,1-3,10-11H2,(H2,25,29)/t19-,20?/m1/s1. The van der Waals surface area contributed by atoms with Crippen molar-refractivity contribution in [3.05, 3.63) is 63.1 Å². The molecule has 152 valence electrons. The van der Waals surface area contributed by atoms with Gasteiger partial charge in [0.15, 0.2) is 0 Å². The van der Waals surface area contributed by atoms with E-state index in [9.17, 15) is 4.79 Å². The Morgan fingerprint density at radius 3 is 2.21 bits per heavy atom. The van der Waals surface area contributed by atoms with Gasteiger partial charge in [0.1, 0.15) is 5.71 Å². The number of hydrogen-bond donors (Lipinski definition) is 1. The molecule has 1 amide bonds. The first kappa shape index (κ1) is 20.5. The first-order valence-electron chi connectivity index (χ1n) is 9.58. The lowest BCUT2D eigenvalue weighted by Gasteiger charge is -2.37. The number of carbonyl (C=O) groups is 1.